The molecule has 2 atom stereocenters. The lowest BCUT2D eigenvalue weighted by molar-refractivity contribution is 0.101. The molecule has 0 aliphatic carbocycles. The maximum atomic E-state index is 9.24. The second-order valence-electron chi connectivity index (χ2n) is 4.86. The summed E-state index contributed by atoms with van der Waals surface area (Å²) in [5.74, 6) is 0. The van der Waals surface area contributed by atoms with Crippen molar-refractivity contribution in [3.8, 4) is 0 Å². The molecule has 3 N–H and O–H groups in total. The van der Waals surface area contributed by atoms with Gasteiger partial charge in [-0.1, -0.05) is 13.0 Å². The first-order chi connectivity index (χ1) is 8.61. The quantitative estimate of drug-likeness (QED) is 0.772. The Hall–Kier alpha value is -0.970. The minimum Gasteiger partial charge on any atom is -0.395 e. The highest BCUT2D eigenvalue weighted by molar-refractivity contribution is 5.16. The van der Waals surface area contributed by atoms with Crippen molar-refractivity contribution in [2.45, 2.75) is 45.3 Å². The largest absolute Gasteiger partial charge is 0.395 e. The molecule has 4 nitrogen and oxygen atoms in total. The highest BCUT2D eigenvalue weighted by atomic mass is 16.3. The molecule has 0 amide bonds. The molecular formula is C14H25N3O. The van der Waals surface area contributed by atoms with Gasteiger partial charge in [-0.2, -0.15) is 0 Å². The summed E-state index contributed by atoms with van der Waals surface area (Å²) in [6.07, 6.45) is 4.53. The number of aliphatic hydroxyl groups excluding tert-OH is 1. The molecule has 0 aliphatic rings. The molecule has 0 aliphatic heterocycles. The van der Waals surface area contributed by atoms with E-state index in [0.29, 0.717) is 12.6 Å². The third-order valence-electron chi connectivity index (χ3n) is 3.28. The zero-order valence-electron chi connectivity index (χ0n) is 11.6. The molecule has 1 aromatic heterocycles. The molecule has 1 heterocycles. The zero-order chi connectivity index (χ0) is 13.5. The topological polar surface area (TPSA) is 62.4 Å². The van der Waals surface area contributed by atoms with Crippen LogP contribution >= 0.6 is 0 Å². The molecule has 1 aromatic rings. The number of hydrogen-bond donors (Lipinski definition) is 2. The molecule has 0 spiro atoms. The van der Waals surface area contributed by atoms with Gasteiger partial charge in [-0.05, 0) is 31.9 Å². The normalized spacial score (nSPS) is 15.1. The molecule has 102 valence electrons. The zero-order valence-corrected chi connectivity index (χ0v) is 11.6. The predicted molar refractivity (Wildman–Crippen MR) is 74.2 cm³/mol. The average Bonchev–Trinajstić information content (AvgIpc) is 2.39. The van der Waals surface area contributed by atoms with E-state index >= 15 is 0 Å². The lowest BCUT2D eigenvalue weighted by Gasteiger charge is -2.38. The minimum atomic E-state index is 0.0446. The van der Waals surface area contributed by atoms with Crippen LogP contribution in [0.15, 0.2) is 24.5 Å². The van der Waals surface area contributed by atoms with Crippen molar-refractivity contribution < 1.29 is 5.11 Å². The summed E-state index contributed by atoms with van der Waals surface area (Å²) in [7, 11) is 0. The van der Waals surface area contributed by atoms with E-state index in [1.807, 2.05) is 12.3 Å². The molecule has 2 unspecified atom stereocenters. The molecule has 0 fully saturated rings. The van der Waals surface area contributed by atoms with E-state index in [9.17, 15) is 5.11 Å². The summed E-state index contributed by atoms with van der Waals surface area (Å²) in [6, 6.07) is 4.47. The van der Waals surface area contributed by atoms with Gasteiger partial charge < -0.3 is 10.8 Å². The van der Waals surface area contributed by atoms with Gasteiger partial charge in [0.1, 0.15) is 0 Å². The highest BCUT2D eigenvalue weighted by Gasteiger charge is 2.27. The molecular weight excluding hydrogens is 226 g/mol. The number of nitrogens with two attached hydrogens (primary N) is 1. The lowest BCUT2D eigenvalue weighted by Crippen LogP contribution is -2.45. The molecule has 0 radical (unpaired) electrons. The van der Waals surface area contributed by atoms with Crippen LogP contribution in [0.4, 0.5) is 0 Å². The third kappa shape index (κ3) is 3.77. The van der Waals surface area contributed by atoms with Crippen molar-refractivity contribution in [1.29, 1.82) is 0 Å². The Morgan fingerprint density at radius 3 is 2.61 bits per heavy atom. The number of rotatable bonds is 7. The number of aromatic nitrogens is 1. The first-order valence-corrected chi connectivity index (χ1v) is 6.63. The van der Waals surface area contributed by atoms with Gasteiger partial charge in [-0.3, -0.25) is 9.88 Å². The van der Waals surface area contributed by atoms with Gasteiger partial charge in [-0.25, -0.2) is 0 Å². The SMILES string of the molecule is CCC(N)C(c1cccnc1)N(CCO)C(C)C. The summed E-state index contributed by atoms with van der Waals surface area (Å²) >= 11 is 0. The summed E-state index contributed by atoms with van der Waals surface area (Å²) in [6.45, 7) is 7.12. The summed E-state index contributed by atoms with van der Waals surface area (Å²) in [5, 5.41) is 9.24. The van der Waals surface area contributed by atoms with Gasteiger partial charge in [0.15, 0.2) is 0 Å². The monoisotopic (exact) mass is 251 g/mol. The Bertz CT molecular complexity index is 329. The van der Waals surface area contributed by atoms with Crippen LogP contribution in [-0.2, 0) is 0 Å². The van der Waals surface area contributed by atoms with Gasteiger partial charge in [-0.15, -0.1) is 0 Å². The van der Waals surface area contributed by atoms with Crippen LogP contribution in [0, 0.1) is 0 Å². The van der Waals surface area contributed by atoms with E-state index in [1.165, 1.54) is 0 Å². The number of hydrogen-bond acceptors (Lipinski definition) is 4. The standard InChI is InChI=1S/C14H25N3O/c1-4-13(15)14(12-6-5-7-16-10-12)17(8-9-18)11(2)3/h5-7,10-11,13-14,18H,4,8-9,15H2,1-3H3. The summed E-state index contributed by atoms with van der Waals surface area (Å²) in [4.78, 5) is 6.42. The van der Waals surface area contributed by atoms with Crippen molar-refractivity contribution in [1.82, 2.24) is 9.88 Å². The highest BCUT2D eigenvalue weighted by Crippen LogP contribution is 2.26. The molecule has 0 saturated carbocycles. The molecule has 0 aromatic carbocycles. The second-order valence-corrected chi connectivity index (χ2v) is 4.86. The van der Waals surface area contributed by atoms with Crippen LogP contribution in [0.1, 0.15) is 38.8 Å². The maximum absolute atomic E-state index is 9.24. The van der Waals surface area contributed by atoms with E-state index in [4.69, 9.17) is 5.73 Å². The van der Waals surface area contributed by atoms with E-state index in [0.717, 1.165) is 12.0 Å². The molecule has 0 bridgehead atoms. The van der Waals surface area contributed by atoms with Gasteiger partial charge in [0.25, 0.3) is 0 Å². The Morgan fingerprint density at radius 2 is 2.17 bits per heavy atom. The van der Waals surface area contributed by atoms with Crippen molar-refractivity contribution in [3.63, 3.8) is 0 Å². The Morgan fingerprint density at radius 1 is 1.44 bits per heavy atom. The number of nitrogens with zero attached hydrogens (tertiary/aromatic N) is 2. The van der Waals surface area contributed by atoms with Crippen LogP contribution in [0.5, 0.6) is 0 Å². The summed E-state index contributed by atoms with van der Waals surface area (Å²) in [5.41, 5.74) is 7.39. The molecule has 18 heavy (non-hydrogen) atoms. The lowest BCUT2D eigenvalue weighted by atomic mass is 9.96. The Balaban J connectivity index is 3.03. The second kappa shape index (κ2) is 7.46. The van der Waals surface area contributed by atoms with Crippen LogP contribution in [0.25, 0.3) is 0 Å². The first-order valence-electron chi connectivity index (χ1n) is 6.63. The van der Waals surface area contributed by atoms with Crippen molar-refractivity contribution in [3.05, 3.63) is 30.1 Å². The van der Waals surface area contributed by atoms with Crippen molar-refractivity contribution in [2.24, 2.45) is 5.73 Å². The van der Waals surface area contributed by atoms with Gasteiger partial charge in [0.05, 0.1) is 12.6 Å². The summed E-state index contributed by atoms with van der Waals surface area (Å²) < 4.78 is 0. The molecule has 1 rings (SSSR count). The van der Waals surface area contributed by atoms with E-state index < -0.39 is 0 Å². The fourth-order valence-corrected chi connectivity index (χ4v) is 2.29. The van der Waals surface area contributed by atoms with E-state index in [-0.39, 0.29) is 18.7 Å². The number of pyridine rings is 1. The Kier molecular flexibility index (Phi) is 6.25. The van der Waals surface area contributed by atoms with Crippen molar-refractivity contribution in [2.75, 3.05) is 13.2 Å². The fraction of sp³-hybridized carbons (Fsp3) is 0.643. The smallest absolute Gasteiger partial charge is 0.0558 e. The van der Waals surface area contributed by atoms with Gasteiger partial charge in [0.2, 0.25) is 0 Å². The van der Waals surface area contributed by atoms with Gasteiger partial charge in [0, 0.05) is 31.0 Å². The average molecular weight is 251 g/mol. The van der Waals surface area contributed by atoms with Crippen LogP contribution in [0.2, 0.25) is 0 Å². The first kappa shape index (κ1) is 15.1. The molecule has 0 saturated heterocycles. The van der Waals surface area contributed by atoms with E-state index in [2.05, 4.69) is 36.7 Å². The van der Waals surface area contributed by atoms with Crippen LogP contribution in [-0.4, -0.2) is 40.2 Å². The van der Waals surface area contributed by atoms with Crippen LogP contribution in [0.3, 0.4) is 0 Å². The fourth-order valence-electron chi connectivity index (χ4n) is 2.29. The third-order valence-corrected chi connectivity index (χ3v) is 3.28. The predicted octanol–water partition coefficient (Wildman–Crippen LogP) is 1.56. The Labute approximate surface area is 110 Å². The minimum absolute atomic E-state index is 0.0446. The number of aliphatic hydroxyl groups is 1. The van der Waals surface area contributed by atoms with E-state index in [1.54, 1.807) is 6.20 Å². The molecule has 4 heteroatoms. The van der Waals surface area contributed by atoms with Gasteiger partial charge >= 0.3 is 0 Å². The van der Waals surface area contributed by atoms with Crippen molar-refractivity contribution >= 4 is 0 Å². The maximum Gasteiger partial charge on any atom is 0.0558 e. The van der Waals surface area contributed by atoms with Crippen LogP contribution < -0.4 is 5.73 Å².